The van der Waals surface area contributed by atoms with Crippen molar-refractivity contribution >= 4 is 27.6 Å². The second-order valence-electron chi connectivity index (χ2n) is 7.65. The summed E-state index contributed by atoms with van der Waals surface area (Å²) in [6.45, 7) is 3.89. The number of fused-ring (bicyclic) bond motifs is 1. The van der Waals surface area contributed by atoms with Gasteiger partial charge in [0.15, 0.2) is 5.96 Å². The molecule has 1 heterocycles. The van der Waals surface area contributed by atoms with E-state index in [1.54, 1.807) is 0 Å². The van der Waals surface area contributed by atoms with Gasteiger partial charge < -0.3 is 16.0 Å². The molecule has 29 heavy (non-hydrogen) atoms. The van der Waals surface area contributed by atoms with Gasteiger partial charge in [-0.05, 0) is 37.3 Å². The molecule has 3 rings (SSSR count). The van der Waals surface area contributed by atoms with Gasteiger partial charge in [0, 0.05) is 37.7 Å². The van der Waals surface area contributed by atoms with Crippen molar-refractivity contribution in [2.75, 3.05) is 37.2 Å². The third-order valence-corrected chi connectivity index (χ3v) is 6.75. The van der Waals surface area contributed by atoms with Gasteiger partial charge in [-0.3, -0.25) is 9.79 Å². The van der Waals surface area contributed by atoms with Crippen molar-refractivity contribution in [3.8, 4) is 0 Å². The van der Waals surface area contributed by atoms with E-state index in [9.17, 15) is 13.2 Å². The molecule has 1 amide bonds. The van der Waals surface area contributed by atoms with Crippen LogP contribution in [0.1, 0.15) is 44.1 Å². The second kappa shape index (κ2) is 10.1. The topological polar surface area (TPSA) is 112 Å². The maximum atomic E-state index is 12.1. The van der Waals surface area contributed by atoms with Crippen molar-refractivity contribution in [1.82, 2.24) is 15.4 Å². The van der Waals surface area contributed by atoms with E-state index in [2.05, 4.69) is 25.7 Å². The molecule has 0 spiro atoms. The average Bonchev–Trinajstić information content (AvgIpc) is 2.64. The van der Waals surface area contributed by atoms with Crippen LogP contribution in [-0.2, 0) is 14.8 Å². The number of para-hydroxylation sites is 1. The van der Waals surface area contributed by atoms with Crippen molar-refractivity contribution < 1.29 is 13.2 Å². The predicted octanol–water partition coefficient (Wildman–Crippen LogP) is 1.39. The molecule has 9 heteroatoms. The smallest absolute Gasteiger partial charge is 0.225 e. The Labute approximate surface area is 173 Å². The lowest BCUT2D eigenvalue weighted by Crippen LogP contribution is -2.42. The van der Waals surface area contributed by atoms with Crippen LogP contribution in [-0.4, -0.2) is 52.2 Å². The van der Waals surface area contributed by atoms with Gasteiger partial charge in [0.2, 0.25) is 15.9 Å². The van der Waals surface area contributed by atoms with Crippen LogP contribution in [0, 0.1) is 5.92 Å². The average molecular weight is 422 g/mol. The normalized spacial score (nSPS) is 19.8. The van der Waals surface area contributed by atoms with Crippen molar-refractivity contribution in [1.29, 1.82) is 0 Å². The lowest BCUT2D eigenvalue weighted by atomic mass is 9.86. The quantitative estimate of drug-likeness (QED) is 0.356. The number of carbonyl (C=O) groups excluding carboxylic acids is 1. The Kier molecular flexibility index (Phi) is 7.49. The van der Waals surface area contributed by atoms with E-state index < -0.39 is 10.0 Å². The summed E-state index contributed by atoms with van der Waals surface area (Å²) in [5.41, 5.74) is 1.92. The minimum atomic E-state index is -3.29. The number of sulfonamides is 1. The van der Waals surface area contributed by atoms with Crippen LogP contribution in [0.5, 0.6) is 0 Å². The van der Waals surface area contributed by atoms with Crippen molar-refractivity contribution in [2.24, 2.45) is 10.9 Å². The van der Waals surface area contributed by atoms with Crippen LogP contribution in [0.2, 0.25) is 0 Å². The first-order valence-electron chi connectivity index (χ1n) is 10.3. The first-order valence-corrected chi connectivity index (χ1v) is 12.0. The summed E-state index contributed by atoms with van der Waals surface area (Å²) in [6, 6.07) is 7.76. The maximum Gasteiger partial charge on any atom is 0.225 e. The highest BCUT2D eigenvalue weighted by Crippen LogP contribution is 2.32. The van der Waals surface area contributed by atoms with Gasteiger partial charge in [-0.1, -0.05) is 24.6 Å². The molecule has 1 aliphatic carbocycles. The van der Waals surface area contributed by atoms with Gasteiger partial charge >= 0.3 is 0 Å². The standard InChI is InChI=1S/C20H31N5O3S/c1-2-21-20(22-10-11-29(27,28)24-13-15-6-5-7-15)23-14-16-12-19(26)25-18-9-4-3-8-17(16)18/h3-4,8-9,15-16,24H,2,5-7,10-14H2,1H3,(H,25,26)(H2,21,22,23). The number of aliphatic imine (C=N–C) groups is 1. The van der Waals surface area contributed by atoms with Crippen LogP contribution < -0.4 is 20.7 Å². The molecule has 1 unspecified atom stereocenters. The molecule has 1 aromatic rings. The van der Waals surface area contributed by atoms with Crippen LogP contribution in [0.15, 0.2) is 29.3 Å². The lowest BCUT2D eigenvalue weighted by Gasteiger charge is -2.25. The van der Waals surface area contributed by atoms with Gasteiger partial charge in [-0.15, -0.1) is 0 Å². The van der Waals surface area contributed by atoms with E-state index in [4.69, 9.17) is 0 Å². The molecule has 1 aromatic carbocycles. The number of amides is 1. The molecule has 1 fully saturated rings. The number of carbonyl (C=O) groups is 1. The number of nitrogens with one attached hydrogen (secondary N) is 4. The Morgan fingerprint density at radius 1 is 1.24 bits per heavy atom. The molecule has 1 aliphatic heterocycles. The summed E-state index contributed by atoms with van der Waals surface area (Å²) in [5.74, 6) is 1.05. The Morgan fingerprint density at radius 3 is 2.76 bits per heavy atom. The van der Waals surface area contributed by atoms with E-state index >= 15 is 0 Å². The second-order valence-corrected chi connectivity index (χ2v) is 9.57. The summed E-state index contributed by atoms with van der Waals surface area (Å²) in [7, 11) is -3.29. The van der Waals surface area contributed by atoms with Gasteiger partial charge in [-0.25, -0.2) is 13.1 Å². The molecule has 0 saturated heterocycles. The first kappa shape index (κ1) is 21.6. The first-order chi connectivity index (χ1) is 14.0. The summed E-state index contributed by atoms with van der Waals surface area (Å²) < 4.78 is 27.0. The third kappa shape index (κ3) is 6.43. The molecule has 8 nitrogen and oxygen atoms in total. The highest BCUT2D eigenvalue weighted by atomic mass is 32.2. The summed E-state index contributed by atoms with van der Waals surface area (Å²) in [6.07, 6.45) is 3.81. The van der Waals surface area contributed by atoms with Gasteiger partial charge in [0.05, 0.1) is 12.3 Å². The molecule has 160 valence electrons. The number of hydrogen-bond donors (Lipinski definition) is 4. The maximum absolute atomic E-state index is 12.1. The largest absolute Gasteiger partial charge is 0.357 e. The number of guanidine groups is 1. The number of rotatable bonds is 9. The van der Waals surface area contributed by atoms with Gasteiger partial charge in [0.1, 0.15) is 0 Å². The van der Waals surface area contributed by atoms with Crippen LogP contribution in [0.4, 0.5) is 5.69 Å². The van der Waals surface area contributed by atoms with Crippen LogP contribution >= 0.6 is 0 Å². The number of anilines is 1. The fraction of sp³-hybridized carbons (Fsp3) is 0.600. The van der Waals surface area contributed by atoms with Crippen molar-refractivity contribution in [2.45, 2.75) is 38.5 Å². The van der Waals surface area contributed by atoms with E-state index in [0.29, 0.717) is 37.9 Å². The highest BCUT2D eigenvalue weighted by Gasteiger charge is 2.24. The van der Waals surface area contributed by atoms with Gasteiger partial charge in [-0.2, -0.15) is 0 Å². The Morgan fingerprint density at radius 2 is 2.03 bits per heavy atom. The number of nitrogens with zero attached hydrogens (tertiary/aromatic N) is 1. The summed E-state index contributed by atoms with van der Waals surface area (Å²) in [5, 5.41) is 9.11. The van der Waals surface area contributed by atoms with Crippen LogP contribution in [0.25, 0.3) is 0 Å². The monoisotopic (exact) mass is 421 g/mol. The zero-order chi connectivity index (χ0) is 20.7. The highest BCUT2D eigenvalue weighted by molar-refractivity contribution is 7.89. The lowest BCUT2D eigenvalue weighted by molar-refractivity contribution is -0.116. The number of hydrogen-bond acceptors (Lipinski definition) is 4. The third-order valence-electron chi connectivity index (χ3n) is 5.40. The predicted molar refractivity (Wildman–Crippen MR) is 116 cm³/mol. The van der Waals surface area contributed by atoms with Crippen molar-refractivity contribution in [3.63, 3.8) is 0 Å². The van der Waals surface area contributed by atoms with E-state index in [1.807, 2.05) is 31.2 Å². The Hall–Kier alpha value is -2.13. The molecule has 0 bridgehead atoms. The molecular weight excluding hydrogens is 390 g/mol. The minimum absolute atomic E-state index is 0.00119. The molecule has 1 atom stereocenters. The summed E-state index contributed by atoms with van der Waals surface area (Å²) in [4.78, 5) is 16.5. The zero-order valence-electron chi connectivity index (χ0n) is 16.9. The van der Waals surface area contributed by atoms with Crippen LogP contribution in [0.3, 0.4) is 0 Å². The Balaban J connectivity index is 1.52. The fourth-order valence-corrected chi connectivity index (χ4v) is 4.53. The van der Waals surface area contributed by atoms with E-state index in [1.165, 1.54) is 6.42 Å². The van der Waals surface area contributed by atoms with Gasteiger partial charge in [0.25, 0.3) is 0 Å². The molecule has 4 N–H and O–H groups in total. The molecular formula is C20H31N5O3S. The number of benzene rings is 1. The SMILES string of the molecule is CCNC(=NCC1CC(=O)Nc2ccccc21)NCCS(=O)(=O)NCC1CCC1. The Bertz CT molecular complexity index is 836. The zero-order valence-corrected chi connectivity index (χ0v) is 17.7. The fourth-order valence-electron chi connectivity index (χ4n) is 3.53. The molecule has 0 aromatic heterocycles. The minimum Gasteiger partial charge on any atom is -0.357 e. The summed E-state index contributed by atoms with van der Waals surface area (Å²) >= 11 is 0. The van der Waals surface area contributed by atoms with E-state index in [-0.39, 0.29) is 24.1 Å². The molecule has 2 aliphatic rings. The van der Waals surface area contributed by atoms with E-state index in [0.717, 1.165) is 24.1 Å². The molecule has 0 radical (unpaired) electrons. The molecule has 1 saturated carbocycles. The van der Waals surface area contributed by atoms with Crippen molar-refractivity contribution in [3.05, 3.63) is 29.8 Å².